The highest BCUT2D eigenvalue weighted by molar-refractivity contribution is 5.88. The summed E-state index contributed by atoms with van der Waals surface area (Å²) in [6, 6.07) is 18.5. The molecule has 0 radical (unpaired) electrons. The molecule has 6 heteroatoms. The molecule has 5 nitrogen and oxygen atoms in total. The number of fused-ring (bicyclic) bond motifs is 1. The van der Waals surface area contributed by atoms with Crippen LogP contribution in [0.3, 0.4) is 0 Å². The fourth-order valence-corrected chi connectivity index (χ4v) is 2.69. The number of carboxylic acid groups (broad SMARTS) is 1. The molecule has 1 N–H and O–H groups in total. The summed E-state index contributed by atoms with van der Waals surface area (Å²) in [4.78, 5) is 15.5. The number of carbonyl (C=O) groups is 1. The van der Waals surface area contributed by atoms with Crippen LogP contribution < -0.4 is 0 Å². The number of aromatic carboxylic acids is 1. The Kier molecular flexibility index (Phi) is 3.50. The van der Waals surface area contributed by atoms with Crippen LogP contribution in [0, 0.1) is 5.82 Å². The summed E-state index contributed by atoms with van der Waals surface area (Å²) in [5, 5.41) is 13.9. The molecule has 0 bridgehead atoms. The molecular formula is C19H12FN3O2. The Bertz CT molecular complexity index is 1090. The first-order valence-electron chi connectivity index (χ1n) is 7.57. The molecule has 2 aromatic carbocycles. The maximum absolute atomic E-state index is 13.6. The molecule has 122 valence electrons. The van der Waals surface area contributed by atoms with E-state index in [9.17, 15) is 14.3 Å². The molecular weight excluding hydrogens is 321 g/mol. The van der Waals surface area contributed by atoms with Gasteiger partial charge in [-0.1, -0.05) is 42.5 Å². The van der Waals surface area contributed by atoms with Crippen molar-refractivity contribution in [1.29, 1.82) is 0 Å². The Balaban J connectivity index is 2.00. The van der Waals surface area contributed by atoms with Gasteiger partial charge in [0.25, 0.3) is 0 Å². The van der Waals surface area contributed by atoms with E-state index in [0.717, 1.165) is 5.56 Å². The first-order chi connectivity index (χ1) is 12.1. The van der Waals surface area contributed by atoms with Crippen molar-refractivity contribution < 1.29 is 14.3 Å². The Morgan fingerprint density at radius 3 is 2.44 bits per heavy atom. The van der Waals surface area contributed by atoms with Gasteiger partial charge in [-0.2, -0.15) is 5.10 Å². The van der Waals surface area contributed by atoms with E-state index in [1.165, 1.54) is 22.7 Å². The summed E-state index contributed by atoms with van der Waals surface area (Å²) in [5.74, 6) is -1.56. The van der Waals surface area contributed by atoms with Crippen LogP contribution in [-0.2, 0) is 0 Å². The van der Waals surface area contributed by atoms with Gasteiger partial charge >= 0.3 is 5.97 Å². The van der Waals surface area contributed by atoms with Crippen molar-refractivity contribution in [2.75, 3.05) is 0 Å². The zero-order chi connectivity index (χ0) is 17.4. The maximum Gasteiger partial charge on any atom is 0.354 e. The molecule has 0 aliphatic heterocycles. The quantitative estimate of drug-likeness (QED) is 0.617. The van der Waals surface area contributed by atoms with Crippen LogP contribution in [0.15, 0.2) is 66.7 Å². The van der Waals surface area contributed by atoms with Gasteiger partial charge in [-0.05, 0) is 18.2 Å². The van der Waals surface area contributed by atoms with Crippen molar-refractivity contribution in [1.82, 2.24) is 14.6 Å². The number of halogens is 1. The van der Waals surface area contributed by atoms with Crippen LogP contribution in [-0.4, -0.2) is 25.7 Å². The van der Waals surface area contributed by atoms with Gasteiger partial charge in [0.1, 0.15) is 5.82 Å². The number of hydrogen-bond donors (Lipinski definition) is 1. The molecule has 0 amide bonds. The second-order valence-corrected chi connectivity index (χ2v) is 5.51. The van der Waals surface area contributed by atoms with Gasteiger partial charge in [0.15, 0.2) is 11.3 Å². The lowest BCUT2D eigenvalue weighted by atomic mass is 10.1. The first-order valence-corrected chi connectivity index (χ1v) is 7.57. The smallest absolute Gasteiger partial charge is 0.354 e. The van der Waals surface area contributed by atoms with E-state index >= 15 is 0 Å². The van der Waals surface area contributed by atoms with Crippen molar-refractivity contribution in [2.45, 2.75) is 0 Å². The van der Waals surface area contributed by atoms with Gasteiger partial charge < -0.3 is 5.11 Å². The van der Waals surface area contributed by atoms with Gasteiger partial charge in [0, 0.05) is 17.2 Å². The fourth-order valence-electron chi connectivity index (χ4n) is 2.69. The molecule has 2 aromatic heterocycles. The number of carboxylic acids is 1. The standard InChI is InChI=1S/C19H12FN3O2/c20-14-8-4-7-13(9-14)17-10-16(19(24)25)21-18-11-15(22-23(17)18)12-5-2-1-3-6-12/h1-11H,(H,24,25). The maximum atomic E-state index is 13.6. The zero-order valence-electron chi connectivity index (χ0n) is 12.9. The molecule has 0 saturated carbocycles. The summed E-state index contributed by atoms with van der Waals surface area (Å²) in [6.07, 6.45) is 0. The third-order valence-corrected chi connectivity index (χ3v) is 3.84. The molecule has 25 heavy (non-hydrogen) atoms. The predicted molar refractivity (Wildman–Crippen MR) is 90.8 cm³/mol. The largest absolute Gasteiger partial charge is 0.477 e. The van der Waals surface area contributed by atoms with E-state index in [4.69, 9.17) is 0 Å². The van der Waals surface area contributed by atoms with Crippen molar-refractivity contribution in [3.63, 3.8) is 0 Å². The van der Waals surface area contributed by atoms with E-state index in [2.05, 4.69) is 10.1 Å². The van der Waals surface area contributed by atoms with E-state index < -0.39 is 11.8 Å². The highest BCUT2D eigenvalue weighted by Gasteiger charge is 2.15. The van der Waals surface area contributed by atoms with Crippen LogP contribution in [0.5, 0.6) is 0 Å². The second kappa shape index (κ2) is 5.83. The van der Waals surface area contributed by atoms with Crippen LogP contribution in [0.25, 0.3) is 28.2 Å². The Morgan fingerprint density at radius 1 is 0.960 bits per heavy atom. The van der Waals surface area contributed by atoms with Gasteiger partial charge in [-0.25, -0.2) is 18.7 Å². The summed E-state index contributed by atoms with van der Waals surface area (Å²) in [7, 11) is 0. The molecule has 2 heterocycles. The zero-order valence-corrected chi connectivity index (χ0v) is 12.9. The summed E-state index contributed by atoms with van der Waals surface area (Å²) < 4.78 is 15.2. The Hall–Kier alpha value is -3.54. The fraction of sp³-hybridized carbons (Fsp3) is 0. The SMILES string of the molecule is O=C(O)c1cc(-c2cccc(F)c2)n2nc(-c3ccccc3)cc2n1. The third-order valence-electron chi connectivity index (χ3n) is 3.84. The van der Waals surface area contributed by atoms with Crippen molar-refractivity contribution in [3.8, 4) is 22.5 Å². The minimum atomic E-state index is -1.15. The van der Waals surface area contributed by atoms with Crippen LogP contribution in [0.2, 0.25) is 0 Å². The number of benzene rings is 2. The minimum Gasteiger partial charge on any atom is -0.477 e. The third kappa shape index (κ3) is 2.74. The minimum absolute atomic E-state index is 0.119. The number of nitrogens with zero attached hydrogens (tertiary/aromatic N) is 3. The van der Waals surface area contributed by atoms with E-state index in [1.54, 1.807) is 18.2 Å². The second-order valence-electron chi connectivity index (χ2n) is 5.51. The normalized spacial score (nSPS) is 10.9. The van der Waals surface area contributed by atoms with Crippen molar-refractivity contribution in [3.05, 3.63) is 78.2 Å². The molecule has 0 spiro atoms. The monoisotopic (exact) mass is 333 g/mol. The Labute approximate surface area is 142 Å². The van der Waals surface area contributed by atoms with Crippen molar-refractivity contribution >= 4 is 11.6 Å². The highest BCUT2D eigenvalue weighted by Crippen LogP contribution is 2.25. The summed E-state index contributed by atoms with van der Waals surface area (Å²) in [5.41, 5.74) is 2.80. The lowest BCUT2D eigenvalue weighted by Crippen LogP contribution is -2.05. The Morgan fingerprint density at radius 2 is 1.72 bits per heavy atom. The van der Waals surface area contributed by atoms with Crippen LogP contribution >= 0.6 is 0 Å². The van der Waals surface area contributed by atoms with Gasteiger partial charge in [0.2, 0.25) is 0 Å². The van der Waals surface area contributed by atoms with E-state index in [1.807, 2.05) is 30.3 Å². The van der Waals surface area contributed by atoms with Gasteiger partial charge in [-0.15, -0.1) is 0 Å². The number of aromatic nitrogens is 3. The summed E-state index contributed by atoms with van der Waals surface area (Å²) in [6.45, 7) is 0. The molecule has 4 rings (SSSR count). The average Bonchev–Trinajstić information content (AvgIpc) is 3.05. The lowest BCUT2D eigenvalue weighted by Gasteiger charge is -2.06. The molecule has 0 aliphatic rings. The predicted octanol–water partition coefficient (Wildman–Crippen LogP) is 3.90. The lowest BCUT2D eigenvalue weighted by molar-refractivity contribution is 0.0690. The van der Waals surface area contributed by atoms with Crippen LogP contribution in [0.1, 0.15) is 10.5 Å². The molecule has 0 unspecified atom stereocenters. The average molecular weight is 333 g/mol. The molecule has 0 atom stereocenters. The molecule has 0 saturated heterocycles. The number of hydrogen-bond acceptors (Lipinski definition) is 3. The topological polar surface area (TPSA) is 67.5 Å². The number of rotatable bonds is 3. The van der Waals surface area contributed by atoms with Gasteiger partial charge in [0.05, 0.1) is 11.4 Å². The molecule has 0 fully saturated rings. The highest BCUT2D eigenvalue weighted by atomic mass is 19.1. The van der Waals surface area contributed by atoms with Gasteiger partial charge in [-0.3, -0.25) is 0 Å². The van der Waals surface area contributed by atoms with Crippen molar-refractivity contribution in [2.24, 2.45) is 0 Å². The molecule has 4 aromatic rings. The van der Waals surface area contributed by atoms with E-state index in [-0.39, 0.29) is 5.69 Å². The first kappa shape index (κ1) is 15.0. The van der Waals surface area contributed by atoms with Crippen LogP contribution in [0.4, 0.5) is 4.39 Å². The summed E-state index contributed by atoms with van der Waals surface area (Å²) >= 11 is 0. The molecule has 0 aliphatic carbocycles. The van der Waals surface area contributed by atoms with E-state index in [0.29, 0.717) is 22.6 Å².